The molecule has 76 valence electrons. The van der Waals surface area contributed by atoms with Crippen molar-refractivity contribution in [1.82, 2.24) is 0 Å². The maximum atomic E-state index is 13.5. The molecule has 0 heterocycles. The lowest BCUT2D eigenvalue weighted by atomic mass is 10.1. The SMILES string of the molecule is CSc1ccc(Cl)c(C(=O)CF)c1F. The van der Waals surface area contributed by atoms with Gasteiger partial charge in [-0.15, -0.1) is 11.8 Å². The molecule has 0 saturated heterocycles. The number of halogens is 3. The van der Waals surface area contributed by atoms with Crippen molar-refractivity contribution < 1.29 is 13.6 Å². The van der Waals surface area contributed by atoms with Crippen LogP contribution in [0.3, 0.4) is 0 Å². The van der Waals surface area contributed by atoms with Gasteiger partial charge in [0.2, 0.25) is 0 Å². The van der Waals surface area contributed by atoms with Crippen LogP contribution in [0.4, 0.5) is 8.78 Å². The quantitative estimate of drug-likeness (QED) is 0.591. The van der Waals surface area contributed by atoms with Gasteiger partial charge in [-0.3, -0.25) is 4.79 Å². The number of hydrogen-bond acceptors (Lipinski definition) is 2. The van der Waals surface area contributed by atoms with E-state index in [4.69, 9.17) is 11.6 Å². The van der Waals surface area contributed by atoms with E-state index in [-0.39, 0.29) is 15.5 Å². The molecule has 1 rings (SSSR count). The number of hydrogen-bond donors (Lipinski definition) is 0. The Labute approximate surface area is 89.4 Å². The standard InChI is InChI=1S/C9H7ClF2OS/c1-14-7-3-2-5(10)8(9(7)12)6(13)4-11/h2-3H,4H2,1H3. The van der Waals surface area contributed by atoms with E-state index in [1.165, 1.54) is 12.1 Å². The summed E-state index contributed by atoms with van der Waals surface area (Å²) in [7, 11) is 0. The molecule has 0 spiro atoms. The Bertz CT molecular complexity index is 368. The fourth-order valence-electron chi connectivity index (χ4n) is 1.01. The van der Waals surface area contributed by atoms with Crippen LogP contribution in [0.25, 0.3) is 0 Å². The topological polar surface area (TPSA) is 17.1 Å². The van der Waals surface area contributed by atoms with Crippen LogP contribution in [0, 0.1) is 5.82 Å². The highest BCUT2D eigenvalue weighted by Gasteiger charge is 2.18. The van der Waals surface area contributed by atoms with Crippen molar-refractivity contribution in [3.05, 3.63) is 28.5 Å². The third-order valence-corrected chi connectivity index (χ3v) is 2.75. The number of alkyl halides is 1. The molecule has 0 unspecified atom stereocenters. The van der Waals surface area contributed by atoms with Gasteiger partial charge in [0.25, 0.3) is 0 Å². The van der Waals surface area contributed by atoms with Crippen LogP contribution in [-0.4, -0.2) is 18.7 Å². The number of Topliss-reactive ketones (excluding diaryl/α,β-unsaturated/α-hetero) is 1. The summed E-state index contributed by atoms with van der Waals surface area (Å²) in [6.45, 7) is -1.24. The van der Waals surface area contributed by atoms with E-state index in [0.717, 1.165) is 11.8 Å². The first-order chi connectivity index (χ1) is 6.61. The van der Waals surface area contributed by atoms with Gasteiger partial charge in [0.15, 0.2) is 12.5 Å². The molecule has 1 aromatic rings. The molecular weight excluding hydrogens is 230 g/mol. The molecule has 0 radical (unpaired) electrons. The fraction of sp³-hybridized carbons (Fsp3) is 0.222. The van der Waals surface area contributed by atoms with E-state index in [2.05, 4.69) is 0 Å². The van der Waals surface area contributed by atoms with Crippen LogP contribution in [-0.2, 0) is 0 Å². The molecule has 0 aliphatic carbocycles. The number of rotatable bonds is 3. The van der Waals surface area contributed by atoms with E-state index in [0.29, 0.717) is 0 Å². The summed E-state index contributed by atoms with van der Waals surface area (Å²) >= 11 is 6.73. The summed E-state index contributed by atoms with van der Waals surface area (Å²) in [6, 6.07) is 2.84. The minimum atomic E-state index is -1.24. The number of carbonyl (C=O) groups is 1. The molecule has 0 atom stereocenters. The Morgan fingerprint density at radius 2 is 2.21 bits per heavy atom. The molecular formula is C9H7ClF2OS. The molecule has 0 saturated carbocycles. The summed E-state index contributed by atoms with van der Waals surface area (Å²) in [5, 5.41) is -0.0528. The molecule has 1 aromatic carbocycles. The average Bonchev–Trinajstić information content (AvgIpc) is 2.18. The summed E-state index contributed by atoms with van der Waals surface area (Å²) in [5.74, 6) is -1.67. The second-order valence-corrected chi connectivity index (χ2v) is 3.75. The highest BCUT2D eigenvalue weighted by atomic mass is 35.5. The maximum absolute atomic E-state index is 13.5. The largest absolute Gasteiger partial charge is 0.291 e. The first-order valence-corrected chi connectivity index (χ1v) is 5.33. The zero-order valence-corrected chi connectivity index (χ0v) is 8.88. The molecule has 14 heavy (non-hydrogen) atoms. The Hall–Kier alpha value is -0.610. The van der Waals surface area contributed by atoms with Gasteiger partial charge in [-0.2, -0.15) is 0 Å². The van der Waals surface area contributed by atoms with Crippen LogP contribution in [0.5, 0.6) is 0 Å². The third-order valence-electron chi connectivity index (χ3n) is 1.68. The average molecular weight is 237 g/mol. The van der Waals surface area contributed by atoms with Crippen molar-refractivity contribution in [3.8, 4) is 0 Å². The number of benzene rings is 1. The molecule has 0 N–H and O–H groups in total. The van der Waals surface area contributed by atoms with Gasteiger partial charge in [-0.05, 0) is 18.4 Å². The van der Waals surface area contributed by atoms with Crippen LogP contribution in [0.15, 0.2) is 17.0 Å². The summed E-state index contributed by atoms with van der Waals surface area (Å²) in [4.78, 5) is 11.3. The van der Waals surface area contributed by atoms with Crippen molar-refractivity contribution in [2.75, 3.05) is 12.9 Å². The Balaban J connectivity index is 3.32. The Morgan fingerprint density at radius 3 is 2.71 bits per heavy atom. The second-order valence-electron chi connectivity index (χ2n) is 2.50. The number of thioether (sulfide) groups is 1. The highest BCUT2D eigenvalue weighted by Crippen LogP contribution is 2.27. The lowest BCUT2D eigenvalue weighted by Gasteiger charge is -2.05. The first-order valence-electron chi connectivity index (χ1n) is 3.73. The van der Waals surface area contributed by atoms with Crippen molar-refractivity contribution in [3.63, 3.8) is 0 Å². The van der Waals surface area contributed by atoms with E-state index in [9.17, 15) is 13.6 Å². The van der Waals surface area contributed by atoms with Crippen molar-refractivity contribution in [2.45, 2.75) is 4.90 Å². The zero-order valence-electron chi connectivity index (χ0n) is 7.31. The van der Waals surface area contributed by atoms with E-state index in [1.807, 2.05) is 0 Å². The predicted molar refractivity (Wildman–Crippen MR) is 53.5 cm³/mol. The number of carbonyl (C=O) groups excluding carboxylic acids is 1. The fourth-order valence-corrected chi connectivity index (χ4v) is 1.75. The lowest BCUT2D eigenvalue weighted by Crippen LogP contribution is -2.06. The van der Waals surface area contributed by atoms with E-state index in [1.54, 1.807) is 6.26 Å². The van der Waals surface area contributed by atoms with Gasteiger partial charge in [0, 0.05) is 4.90 Å². The molecule has 5 heteroatoms. The Kier molecular flexibility index (Phi) is 3.89. The minimum absolute atomic E-state index is 0.0528. The van der Waals surface area contributed by atoms with Crippen LogP contribution in [0.2, 0.25) is 5.02 Å². The van der Waals surface area contributed by atoms with Gasteiger partial charge in [0.05, 0.1) is 10.6 Å². The smallest absolute Gasteiger partial charge is 0.198 e. The molecule has 0 bridgehead atoms. The van der Waals surface area contributed by atoms with Crippen molar-refractivity contribution >= 4 is 29.1 Å². The molecule has 0 aromatic heterocycles. The maximum Gasteiger partial charge on any atom is 0.198 e. The third kappa shape index (κ3) is 2.07. The monoisotopic (exact) mass is 236 g/mol. The van der Waals surface area contributed by atoms with Gasteiger partial charge in [0.1, 0.15) is 5.82 Å². The van der Waals surface area contributed by atoms with Crippen molar-refractivity contribution in [2.24, 2.45) is 0 Å². The van der Waals surface area contributed by atoms with Gasteiger partial charge in [-0.25, -0.2) is 8.78 Å². The van der Waals surface area contributed by atoms with E-state index < -0.39 is 18.3 Å². The summed E-state index contributed by atoms with van der Waals surface area (Å²) < 4.78 is 25.6. The van der Waals surface area contributed by atoms with Crippen LogP contribution in [0.1, 0.15) is 10.4 Å². The molecule has 0 aliphatic rings. The molecule has 1 nitrogen and oxygen atoms in total. The van der Waals surface area contributed by atoms with Crippen molar-refractivity contribution in [1.29, 1.82) is 0 Å². The summed E-state index contributed by atoms with van der Waals surface area (Å²) in [6.07, 6.45) is 1.66. The highest BCUT2D eigenvalue weighted by molar-refractivity contribution is 7.98. The first kappa shape index (κ1) is 11.5. The summed E-state index contributed by atoms with van der Waals surface area (Å²) in [5.41, 5.74) is -0.360. The molecule has 0 amide bonds. The molecule has 0 fully saturated rings. The van der Waals surface area contributed by atoms with E-state index >= 15 is 0 Å². The van der Waals surface area contributed by atoms with Gasteiger partial charge >= 0.3 is 0 Å². The number of ketones is 1. The second kappa shape index (κ2) is 4.75. The van der Waals surface area contributed by atoms with Crippen LogP contribution < -0.4 is 0 Å². The zero-order chi connectivity index (χ0) is 10.7. The predicted octanol–water partition coefficient (Wildman–Crippen LogP) is 3.35. The Morgan fingerprint density at radius 1 is 1.57 bits per heavy atom. The molecule has 0 aliphatic heterocycles. The van der Waals surface area contributed by atoms with Gasteiger partial charge in [-0.1, -0.05) is 11.6 Å². The van der Waals surface area contributed by atoms with Gasteiger partial charge < -0.3 is 0 Å². The minimum Gasteiger partial charge on any atom is -0.291 e. The lowest BCUT2D eigenvalue weighted by molar-refractivity contribution is 0.0954. The normalized spacial score (nSPS) is 10.3. The van der Waals surface area contributed by atoms with Crippen LogP contribution >= 0.6 is 23.4 Å².